The summed E-state index contributed by atoms with van der Waals surface area (Å²) in [4.78, 5) is 49.0. The van der Waals surface area contributed by atoms with Gasteiger partial charge in [0.15, 0.2) is 0 Å². The highest BCUT2D eigenvalue weighted by atomic mass is 16.5. The first kappa shape index (κ1) is 28.4. The van der Waals surface area contributed by atoms with E-state index in [1.165, 1.54) is 13.0 Å². The summed E-state index contributed by atoms with van der Waals surface area (Å²) in [6.07, 6.45) is 3.56. The average Bonchev–Trinajstić information content (AvgIpc) is 2.76. The molecule has 0 aromatic heterocycles. The Bertz CT molecular complexity index is 866. The Hall–Kier alpha value is -3.62. The van der Waals surface area contributed by atoms with E-state index in [0.717, 1.165) is 5.56 Å². The lowest BCUT2D eigenvalue weighted by Gasteiger charge is -2.25. The van der Waals surface area contributed by atoms with E-state index in [9.17, 15) is 24.3 Å². The molecule has 0 saturated carbocycles. The molecule has 9 heteroatoms. The Morgan fingerprint density at radius 1 is 0.941 bits per heavy atom. The van der Waals surface area contributed by atoms with Crippen molar-refractivity contribution in [1.29, 1.82) is 0 Å². The summed E-state index contributed by atoms with van der Waals surface area (Å²) < 4.78 is 5.45. The van der Waals surface area contributed by atoms with Gasteiger partial charge < -0.3 is 25.8 Å². The van der Waals surface area contributed by atoms with Gasteiger partial charge in [0.05, 0.1) is 0 Å². The van der Waals surface area contributed by atoms with Gasteiger partial charge in [0, 0.05) is 13.3 Å². The average molecular weight is 474 g/mol. The monoisotopic (exact) mass is 473 g/mol. The molecule has 0 spiro atoms. The molecule has 3 amide bonds. The van der Waals surface area contributed by atoms with Crippen LogP contribution in [0.25, 0.3) is 0 Å². The van der Waals surface area contributed by atoms with Crippen molar-refractivity contribution < 1.29 is 29.0 Å². The Morgan fingerprint density at radius 2 is 1.53 bits per heavy atom. The number of rotatable bonds is 15. The summed E-state index contributed by atoms with van der Waals surface area (Å²) in [6, 6.07) is 4.03. The van der Waals surface area contributed by atoms with Crippen LogP contribution in [-0.4, -0.2) is 53.5 Å². The quantitative estimate of drug-likeness (QED) is 0.288. The first-order valence-electron chi connectivity index (χ1n) is 11.1. The van der Waals surface area contributed by atoms with Crippen molar-refractivity contribution >= 4 is 23.7 Å². The van der Waals surface area contributed by atoms with Crippen molar-refractivity contribution in [1.82, 2.24) is 16.0 Å². The molecule has 34 heavy (non-hydrogen) atoms. The van der Waals surface area contributed by atoms with Gasteiger partial charge >= 0.3 is 5.97 Å². The molecule has 0 heterocycles. The summed E-state index contributed by atoms with van der Waals surface area (Å²) in [5.74, 6) is -2.06. The minimum Gasteiger partial charge on any atom is -0.490 e. The summed E-state index contributed by atoms with van der Waals surface area (Å²) in [5.41, 5.74) is 0.779. The predicted molar refractivity (Wildman–Crippen MR) is 129 cm³/mol. The third-order valence-electron chi connectivity index (χ3n) is 4.78. The molecule has 1 aromatic carbocycles. The molecule has 1 aromatic rings. The second-order valence-corrected chi connectivity index (χ2v) is 8.32. The topological polar surface area (TPSA) is 134 Å². The summed E-state index contributed by atoms with van der Waals surface area (Å²) in [6.45, 7) is 12.5. The highest BCUT2D eigenvalue weighted by Crippen LogP contribution is 2.14. The maximum absolute atomic E-state index is 13.1. The third-order valence-corrected chi connectivity index (χ3v) is 4.78. The molecular weight excluding hydrogens is 438 g/mol. The number of ether oxygens (including phenoxy) is 1. The first-order chi connectivity index (χ1) is 16.1. The summed E-state index contributed by atoms with van der Waals surface area (Å²) in [5, 5.41) is 17.1. The van der Waals surface area contributed by atoms with Gasteiger partial charge in [0.2, 0.25) is 17.7 Å². The van der Waals surface area contributed by atoms with Crippen molar-refractivity contribution in [3.05, 3.63) is 55.1 Å². The molecular formula is C25H35N3O6. The number of aliphatic carboxylic acids is 1. The van der Waals surface area contributed by atoms with E-state index in [4.69, 9.17) is 4.74 Å². The van der Waals surface area contributed by atoms with Gasteiger partial charge in [-0.05, 0) is 36.5 Å². The van der Waals surface area contributed by atoms with Crippen molar-refractivity contribution in [3.63, 3.8) is 0 Å². The largest absolute Gasteiger partial charge is 0.490 e. The minimum absolute atomic E-state index is 0.0426. The van der Waals surface area contributed by atoms with Crippen molar-refractivity contribution in [2.45, 2.75) is 58.2 Å². The fraction of sp³-hybridized carbons (Fsp3) is 0.440. The predicted octanol–water partition coefficient (Wildman–Crippen LogP) is 1.98. The molecule has 0 aliphatic rings. The van der Waals surface area contributed by atoms with E-state index in [1.54, 1.807) is 30.3 Å². The van der Waals surface area contributed by atoms with Crippen molar-refractivity contribution in [2.75, 3.05) is 6.61 Å². The van der Waals surface area contributed by atoms with Gasteiger partial charge in [0.25, 0.3) is 0 Å². The molecule has 0 aliphatic heterocycles. The first-order valence-corrected chi connectivity index (χ1v) is 11.1. The van der Waals surface area contributed by atoms with E-state index in [-0.39, 0.29) is 18.8 Å². The lowest BCUT2D eigenvalue weighted by atomic mass is 10.0. The smallest absolute Gasteiger partial charge is 0.326 e. The molecule has 0 radical (unpaired) electrons. The van der Waals surface area contributed by atoms with Crippen LogP contribution in [0.1, 0.15) is 39.2 Å². The van der Waals surface area contributed by atoms with Crippen LogP contribution in [0.5, 0.6) is 5.75 Å². The summed E-state index contributed by atoms with van der Waals surface area (Å²) >= 11 is 0. The van der Waals surface area contributed by atoms with Crippen LogP contribution in [0, 0.1) is 5.92 Å². The Balaban J connectivity index is 2.99. The van der Waals surface area contributed by atoms with Crippen molar-refractivity contribution in [3.8, 4) is 5.75 Å². The van der Waals surface area contributed by atoms with E-state index in [2.05, 4.69) is 29.1 Å². The molecule has 3 atom stereocenters. The Kier molecular flexibility index (Phi) is 12.1. The molecule has 0 bridgehead atoms. The van der Waals surface area contributed by atoms with E-state index in [1.807, 2.05) is 13.8 Å². The second-order valence-electron chi connectivity index (χ2n) is 8.32. The van der Waals surface area contributed by atoms with E-state index >= 15 is 0 Å². The molecule has 4 N–H and O–H groups in total. The van der Waals surface area contributed by atoms with Gasteiger partial charge in [-0.2, -0.15) is 0 Å². The Labute approximate surface area is 200 Å². The molecule has 0 saturated heterocycles. The fourth-order valence-corrected chi connectivity index (χ4v) is 3.20. The summed E-state index contributed by atoms with van der Waals surface area (Å²) in [7, 11) is 0. The van der Waals surface area contributed by atoms with Gasteiger partial charge in [-0.15, -0.1) is 6.58 Å². The normalized spacial score (nSPS) is 13.2. The van der Waals surface area contributed by atoms with E-state index in [0.29, 0.717) is 18.8 Å². The number of nitrogens with one attached hydrogen (secondary N) is 3. The number of carboxylic acid groups (broad SMARTS) is 1. The SMILES string of the molecule is C=CCOc1ccc(CC(NC(C)=O)C(=O)NC(CC(C)C)C(=O)NC(CC=C)C(=O)O)cc1. The maximum Gasteiger partial charge on any atom is 0.326 e. The highest BCUT2D eigenvalue weighted by Gasteiger charge is 2.29. The van der Waals surface area contributed by atoms with Crippen LogP contribution in [0.2, 0.25) is 0 Å². The number of carboxylic acids is 1. The van der Waals surface area contributed by atoms with Crippen molar-refractivity contribution in [2.24, 2.45) is 5.92 Å². The minimum atomic E-state index is -1.19. The zero-order valence-electron chi connectivity index (χ0n) is 20.0. The molecule has 0 aliphatic carbocycles. The van der Waals surface area contributed by atoms with Crippen LogP contribution < -0.4 is 20.7 Å². The van der Waals surface area contributed by atoms with E-state index < -0.39 is 41.8 Å². The van der Waals surface area contributed by atoms with Gasteiger partial charge in [-0.1, -0.05) is 44.7 Å². The number of amides is 3. The lowest BCUT2D eigenvalue weighted by Crippen LogP contribution is -2.56. The highest BCUT2D eigenvalue weighted by molar-refractivity contribution is 5.93. The van der Waals surface area contributed by atoms with Crippen LogP contribution in [0.3, 0.4) is 0 Å². The fourth-order valence-electron chi connectivity index (χ4n) is 3.20. The molecule has 3 unspecified atom stereocenters. The Morgan fingerprint density at radius 3 is 2.03 bits per heavy atom. The maximum atomic E-state index is 13.1. The number of benzene rings is 1. The van der Waals surface area contributed by atoms with Gasteiger partial charge in [-0.3, -0.25) is 14.4 Å². The van der Waals surface area contributed by atoms with Crippen LogP contribution >= 0.6 is 0 Å². The number of hydrogen-bond acceptors (Lipinski definition) is 5. The lowest BCUT2D eigenvalue weighted by molar-refractivity contribution is -0.142. The van der Waals surface area contributed by atoms with Gasteiger partial charge in [0.1, 0.15) is 30.5 Å². The zero-order valence-corrected chi connectivity index (χ0v) is 20.0. The van der Waals surface area contributed by atoms with Crippen LogP contribution in [-0.2, 0) is 25.6 Å². The second kappa shape index (κ2) is 14.5. The molecule has 1 rings (SSSR count). The van der Waals surface area contributed by atoms with Gasteiger partial charge in [-0.25, -0.2) is 4.79 Å². The standard InChI is InChI=1S/C25H35N3O6/c1-6-8-20(25(32)33)27-23(30)21(14-16(3)4)28-24(31)22(26-17(5)29)15-18-9-11-19(12-10-18)34-13-7-2/h6-7,9-12,16,20-22H,1-2,8,13-15H2,3-5H3,(H,26,29)(H,27,30)(H,28,31)(H,32,33). The molecule has 9 nitrogen and oxygen atoms in total. The third kappa shape index (κ3) is 10.3. The molecule has 0 fully saturated rings. The molecule has 186 valence electrons. The number of carbonyl (C=O) groups excluding carboxylic acids is 3. The van der Waals surface area contributed by atoms with Crippen LogP contribution in [0.15, 0.2) is 49.6 Å². The van der Waals surface area contributed by atoms with Crippen LogP contribution in [0.4, 0.5) is 0 Å². The number of carbonyl (C=O) groups is 4. The number of hydrogen-bond donors (Lipinski definition) is 4. The zero-order chi connectivity index (χ0) is 25.7.